The Morgan fingerprint density at radius 3 is 2.95 bits per heavy atom. The molecule has 0 bridgehead atoms. The van der Waals surface area contributed by atoms with Gasteiger partial charge in [0.25, 0.3) is 0 Å². The van der Waals surface area contributed by atoms with Gasteiger partial charge in [0, 0.05) is 25.3 Å². The van der Waals surface area contributed by atoms with Crippen LogP contribution in [0.3, 0.4) is 0 Å². The molecule has 0 aliphatic carbocycles. The molecule has 1 aromatic heterocycles. The zero-order valence-electron chi connectivity index (χ0n) is 13.5. The first-order valence-corrected chi connectivity index (χ1v) is 7.74. The van der Waals surface area contributed by atoms with Gasteiger partial charge in [-0.2, -0.15) is 0 Å². The van der Waals surface area contributed by atoms with Gasteiger partial charge in [0.05, 0.1) is 0 Å². The molecule has 22 heavy (non-hydrogen) atoms. The number of ether oxygens (including phenoxy) is 1. The number of anilines is 1. The van der Waals surface area contributed by atoms with Crippen LogP contribution in [0.25, 0.3) is 0 Å². The lowest BCUT2D eigenvalue weighted by molar-refractivity contribution is 0.0523. The number of hydrogen-bond acceptors (Lipinski definition) is 5. The fourth-order valence-corrected chi connectivity index (χ4v) is 2.62. The molecular formula is C16H25N3O3. The normalized spacial score (nSPS) is 18.9. The number of carbonyl (C=O) groups is 1. The van der Waals surface area contributed by atoms with Crippen LogP contribution in [0.4, 0.5) is 10.6 Å². The van der Waals surface area contributed by atoms with E-state index in [2.05, 4.69) is 15.2 Å². The van der Waals surface area contributed by atoms with E-state index in [-0.39, 0.29) is 11.8 Å². The molecule has 1 atom stereocenters. The minimum absolute atomic E-state index is 0.113. The highest BCUT2D eigenvalue weighted by Crippen LogP contribution is 2.29. The van der Waals surface area contributed by atoms with Crippen LogP contribution in [0, 0.1) is 0 Å². The number of nitrogens with zero attached hydrogens (tertiary/aromatic N) is 2. The molecule has 2 heterocycles. The molecule has 0 saturated carbocycles. The Bertz CT molecular complexity index is 514. The molecule has 1 aliphatic heterocycles. The van der Waals surface area contributed by atoms with Gasteiger partial charge < -0.3 is 20.1 Å². The van der Waals surface area contributed by atoms with E-state index in [9.17, 15) is 9.90 Å². The van der Waals surface area contributed by atoms with Gasteiger partial charge in [-0.1, -0.05) is 0 Å². The fraction of sp³-hybridized carbons (Fsp3) is 0.625. The van der Waals surface area contributed by atoms with Crippen molar-refractivity contribution in [2.75, 3.05) is 18.0 Å². The first kappa shape index (κ1) is 16.4. The summed E-state index contributed by atoms with van der Waals surface area (Å²) in [6, 6.07) is 3.45. The summed E-state index contributed by atoms with van der Waals surface area (Å²) in [4.78, 5) is 18.1. The predicted octanol–water partition coefficient (Wildman–Crippen LogP) is 2.67. The van der Waals surface area contributed by atoms with Crippen LogP contribution in [0.2, 0.25) is 0 Å². The van der Waals surface area contributed by atoms with Gasteiger partial charge in [-0.3, -0.25) is 0 Å². The molecule has 1 aliphatic rings. The maximum atomic E-state index is 11.8. The molecule has 0 radical (unpaired) electrons. The van der Waals surface area contributed by atoms with E-state index in [0.717, 1.165) is 25.8 Å². The van der Waals surface area contributed by atoms with Crippen LogP contribution in [-0.4, -0.2) is 40.9 Å². The van der Waals surface area contributed by atoms with Gasteiger partial charge in [-0.25, -0.2) is 9.78 Å². The van der Waals surface area contributed by atoms with E-state index < -0.39 is 11.7 Å². The maximum Gasteiger partial charge on any atom is 0.407 e. The Kier molecular flexibility index (Phi) is 5.11. The zero-order valence-corrected chi connectivity index (χ0v) is 13.5. The molecule has 1 fully saturated rings. The van der Waals surface area contributed by atoms with E-state index in [1.165, 1.54) is 0 Å². The van der Waals surface area contributed by atoms with E-state index in [4.69, 9.17) is 4.74 Å². The molecule has 6 heteroatoms. The summed E-state index contributed by atoms with van der Waals surface area (Å²) in [6.45, 7) is 6.82. The van der Waals surface area contributed by atoms with Crippen molar-refractivity contribution in [3.63, 3.8) is 0 Å². The summed E-state index contributed by atoms with van der Waals surface area (Å²) >= 11 is 0. The van der Waals surface area contributed by atoms with Crippen molar-refractivity contribution in [3.8, 4) is 5.75 Å². The zero-order chi connectivity index (χ0) is 16.2. The van der Waals surface area contributed by atoms with Crippen LogP contribution in [0.5, 0.6) is 5.75 Å². The molecule has 2 rings (SSSR count). The maximum absolute atomic E-state index is 11.8. The van der Waals surface area contributed by atoms with Gasteiger partial charge in [0.15, 0.2) is 11.6 Å². The van der Waals surface area contributed by atoms with Crippen LogP contribution in [0.1, 0.15) is 40.0 Å². The molecule has 1 saturated heterocycles. The molecule has 1 aromatic rings. The van der Waals surface area contributed by atoms with Gasteiger partial charge in [0.2, 0.25) is 0 Å². The van der Waals surface area contributed by atoms with Crippen LogP contribution < -0.4 is 10.2 Å². The van der Waals surface area contributed by atoms with Gasteiger partial charge in [0.1, 0.15) is 5.60 Å². The first-order chi connectivity index (χ1) is 10.4. The molecule has 1 amide bonds. The van der Waals surface area contributed by atoms with Crippen molar-refractivity contribution >= 4 is 11.9 Å². The number of piperidine rings is 1. The lowest BCUT2D eigenvalue weighted by Crippen LogP contribution is -2.48. The standard InChI is InChI=1S/C16H25N3O3/c1-16(2,3)22-15(21)18-11-12-7-4-5-10-19(12)14-13(20)8-6-9-17-14/h6,8-9,12,20H,4-5,7,10-11H2,1-3H3,(H,18,21)/t12-/m0/s1. The summed E-state index contributed by atoms with van der Waals surface area (Å²) in [5.74, 6) is 0.754. The van der Waals surface area contributed by atoms with Crippen molar-refractivity contribution in [1.29, 1.82) is 0 Å². The van der Waals surface area contributed by atoms with Gasteiger partial charge in [-0.05, 0) is 52.2 Å². The number of amides is 1. The number of rotatable bonds is 3. The first-order valence-electron chi connectivity index (χ1n) is 7.74. The Balaban J connectivity index is 1.99. The molecule has 6 nitrogen and oxygen atoms in total. The topological polar surface area (TPSA) is 74.7 Å². The Labute approximate surface area is 131 Å². The largest absolute Gasteiger partial charge is 0.504 e. The van der Waals surface area contributed by atoms with Crippen LogP contribution in [-0.2, 0) is 4.74 Å². The van der Waals surface area contributed by atoms with Gasteiger partial charge >= 0.3 is 6.09 Å². The summed E-state index contributed by atoms with van der Waals surface area (Å²) in [7, 11) is 0. The van der Waals surface area contributed by atoms with Crippen molar-refractivity contribution in [2.24, 2.45) is 0 Å². The van der Waals surface area contributed by atoms with Crippen LogP contribution >= 0.6 is 0 Å². The minimum atomic E-state index is -0.504. The SMILES string of the molecule is CC(C)(C)OC(=O)NC[C@@H]1CCCCN1c1ncccc1O. The number of alkyl carbamates (subject to hydrolysis) is 1. The monoisotopic (exact) mass is 307 g/mol. The lowest BCUT2D eigenvalue weighted by Gasteiger charge is -2.37. The summed E-state index contributed by atoms with van der Waals surface area (Å²) < 4.78 is 5.26. The smallest absolute Gasteiger partial charge is 0.407 e. The number of aromatic nitrogens is 1. The van der Waals surface area contributed by atoms with Crippen molar-refractivity contribution < 1.29 is 14.6 Å². The minimum Gasteiger partial charge on any atom is -0.504 e. The Morgan fingerprint density at radius 1 is 1.50 bits per heavy atom. The highest BCUT2D eigenvalue weighted by molar-refractivity contribution is 5.67. The third-order valence-corrected chi connectivity index (χ3v) is 3.55. The molecule has 0 aromatic carbocycles. The number of pyridine rings is 1. The molecular weight excluding hydrogens is 282 g/mol. The fourth-order valence-electron chi connectivity index (χ4n) is 2.62. The number of aromatic hydroxyl groups is 1. The Morgan fingerprint density at radius 2 is 2.27 bits per heavy atom. The molecule has 0 spiro atoms. The summed E-state index contributed by atoms with van der Waals surface area (Å²) in [6.07, 6.45) is 4.36. The van der Waals surface area contributed by atoms with E-state index >= 15 is 0 Å². The number of hydrogen-bond donors (Lipinski definition) is 2. The quantitative estimate of drug-likeness (QED) is 0.898. The van der Waals surface area contributed by atoms with E-state index in [0.29, 0.717) is 12.4 Å². The van der Waals surface area contributed by atoms with Gasteiger partial charge in [-0.15, -0.1) is 0 Å². The molecule has 0 unspecified atom stereocenters. The predicted molar refractivity (Wildman–Crippen MR) is 85.1 cm³/mol. The highest BCUT2D eigenvalue weighted by atomic mass is 16.6. The van der Waals surface area contributed by atoms with Crippen LogP contribution in [0.15, 0.2) is 18.3 Å². The third-order valence-electron chi connectivity index (χ3n) is 3.55. The summed E-state index contributed by atoms with van der Waals surface area (Å²) in [5.41, 5.74) is -0.504. The average Bonchev–Trinajstić information content (AvgIpc) is 2.44. The second kappa shape index (κ2) is 6.85. The van der Waals surface area contributed by atoms with E-state index in [1.807, 2.05) is 20.8 Å². The third kappa shape index (κ3) is 4.51. The van der Waals surface area contributed by atoms with Crippen molar-refractivity contribution in [3.05, 3.63) is 18.3 Å². The highest BCUT2D eigenvalue weighted by Gasteiger charge is 2.26. The second-order valence-electron chi connectivity index (χ2n) is 6.57. The second-order valence-corrected chi connectivity index (χ2v) is 6.57. The molecule has 2 N–H and O–H groups in total. The number of nitrogens with one attached hydrogen (secondary N) is 1. The lowest BCUT2D eigenvalue weighted by atomic mass is 10.0. The Hall–Kier alpha value is -1.98. The van der Waals surface area contributed by atoms with Crippen molar-refractivity contribution in [1.82, 2.24) is 10.3 Å². The van der Waals surface area contributed by atoms with E-state index in [1.54, 1.807) is 18.3 Å². The van der Waals surface area contributed by atoms with Crippen molar-refractivity contribution in [2.45, 2.75) is 51.7 Å². The number of carbonyl (C=O) groups excluding carboxylic acids is 1. The summed E-state index contributed by atoms with van der Waals surface area (Å²) in [5, 5.41) is 12.8. The molecule has 122 valence electrons. The average molecular weight is 307 g/mol.